The van der Waals surface area contributed by atoms with Gasteiger partial charge in [0.25, 0.3) is 5.91 Å². The third-order valence-corrected chi connectivity index (χ3v) is 9.20. The molecule has 2 aromatic heterocycles. The second-order valence-corrected chi connectivity index (χ2v) is 11.9. The summed E-state index contributed by atoms with van der Waals surface area (Å²) in [6.45, 7) is 3.98. The Kier molecular flexibility index (Phi) is 10.4. The second kappa shape index (κ2) is 13.9. The van der Waals surface area contributed by atoms with E-state index in [2.05, 4.69) is 10.3 Å². The van der Waals surface area contributed by atoms with Crippen molar-refractivity contribution in [1.29, 1.82) is 0 Å². The molecule has 12 heteroatoms. The largest absolute Gasteiger partial charge is 0.465 e. The van der Waals surface area contributed by atoms with Gasteiger partial charge in [0, 0.05) is 4.88 Å². The summed E-state index contributed by atoms with van der Waals surface area (Å²) in [5.74, 6) is -1.50. The van der Waals surface area contributed by atoms with Gasteiger partial charge in [-0.25, -0.2) is 4.79 Å². The van der Waals surface area contributed by atoms with Crippen LogP contribution in [0.2, 0.25) is 0 Å². The number of thiophene rings is 1. The van der Waals surface area contributed by atoms with Gasteiger partial charge in [0.05, 0.1) is 40.5 Å². The van der Waals surface area contributed by atoms with Crippen LogP contribution in [0, 0.1) is 0 Å². The van der Waals surface area contributed by atoms with Crippen molar-refractivity contribution in [1.82, 2.24) is 4.57 Å². The Morgan fingerprint density at radius 3 is 2.56 bits per heavy atom. The molecule has 0 spiro atoms. The van der Waals surface area contributed by atoms with Crippen molar-refractivity contribution in [3.05, 3.63) is 45.1 Å². The maximum Gasteiger partial charge on any atom is 0.341 e. The molecule has 4 rings (SSSR count). The third kappa shape index (κ3) is 7.37. The lowest BCUT2D eigenvalue weighted by Gasteiger charge is -2.08. The van der Waals surface area contributed by atoms with Gasteiger partial charge < -0.3 is 19.4 Å². The molecule has 0 aliphatic heterocycles. The van der Waals surface area contributed by atoms with E-state index >= 15 is 0 Å². The fraction of sp³-hybridized carbons (Fsp3) is 0.444. The smallest absolute Gasteiger partial charge is 0.341 e. The number of para-hydroxylation sites is 1. The Labute approximate surface area is 238 Å². The van der Waals surface area contributed by atoms with Crippen LogP contribution in [0.15, 0.2) is 29.3 Å². The Bertz CT molecular complexity index is 1440. The second-order valence-electron chi connectivity index (χ2n) is 8.78. The van der Waals surface area contributed by atoms with E-state index < -0.39 is 17.8 Å². The van der Waals surface area contributed by atoms with Crippen molar-refractivity contribution in [2.75, 3.05) is 30.0 Å². The van der Waals surface area contributed by atoms with E-state index in [-0.39, 0.29) is 37.2 Å². The number of hydrogen-bond donors (Lipinski definition) is 1. The van der Waals surface area contributed by atoms with E-state index in [1.54, 1.807) is 18.4 Å². The van der Waals surface area contributed by atoms with Gasteiger partial charge in [-0.05, 0) is 57.2 Å². The number of benzene rings is 1. The van der Waals surface area contributed by atoms with Crippen LogP contribution in [-0.4, -0.2) is 53.0 Å². The summed E-state index contributed by atoms with van der Waals surface area (Å²) in [5, 5.41) is 3.39. The van der Waals surface area contributed by atoms with Gasteiger partial charge in [0.1, 0.15) is 11.5 Å². The topological polar surface area (TPSA) is 116 Å². The van der Waals surface area contributed by atoms with Crippen molar-refractivity contribution in [3.8, 4) is 0 Å². The Morgan fingerprint density at radius 1 is 1.00 bits per heavy atom. The molecule has 0 saturated heterocycles. The monoisotopic (exact) mass is 589 g/mol. The molecule has 1 aliphatic rings. The van der Waals surface area contributed by atoms with Crippen LogP contribution in [0.1, 0.15) is 53.9 Å². The normalized spacial score (nSPS) is 13.5. The fourth-order valence-corrected chi connectivity index (χ4v) is 7.32. The minimum absolute atomic E-state index is 0.00720. The number of amides is 2. The van der Waals surface area contributed by atoms with Gasteiger partial charge in [0.2, 0.25) is 5.91 Å². The number of fused-ring (bicyclic) bond motifs is 2. The van der Waals surface area contributed by atoms with E-state index in [9.17, 15) is 19.2 Å². The van der Waals surface area contributed by atoms with Crippen molar-refractivity contribution in [2.24, 2.45) is 4.99 Å². The molecule has 2 amide bonds. The summed E-state index contributed by atoms with van der Waals surface area (Å²) < 4.78 is 12.9. The van der Waals surface area contributed by atoms with Gasteiger partial charge in [-0.15, -0.1) is 23.1 Å². The molecule has 9 nitrogen and oxygen atoms in total. The molecule has 208 valence electrons. The van der Waals surface area contributed by atoms with Crippen molar-refractivity contribution in [3.63, 3.8) is 0 Å². The number of rotatable bonds is 10. The molecule has 39 heavy (non-hydrogen) atoms. The Balaban J connectivity index is 1.42. The highest BCUT2D eigenvalue weighted by Gasteiger charge is 2.26. The van der Waals surface area contributed by atoms with Crippen molar-refractivity contribution < 1.29 is 28.7 Å². The van der Waals surface area contributed by atoms with Crippen molar-refractivity contribution in [2.45, 2.75) is 52.5 Å². The number of ether oxygens (including phenoxy) is 2. The molecule has 0 unspecified atom stereocenters. The SMILES string of the molecule is CCOC(=O)Cn1c(=NC(=O)CSCC(=O)Nc2sc3c(c2C(=O)OCC)CCCCC3)sc2ccccc21. The zero-order chi connectivity index (χ0) is 27.8. The number of carbonyl (C=O) groups excluding carboxylic acids is 4. The van der Waals surface area contributed by atoms with Gasteiger partial charge in [-0.3, -0.25) is 14.4 Å². The van der Waals surface area contributed by atoms with E-state index in [1.165, 1.54) is 22.7 Å². The first-order valence-electron chi connectivity index (χ1n) is 12.9. The summed E-state index contributed by atoms with van der Waals surface area (Å²) in [6, 6.07) is 7.50. The number of thiazole rings is 1. The van der Waals surface area contributed by atoms with E-state index in [0.717, 1.165) is 64.5 Å². The predicted octanol–water partition coefficient (Wildman–Crippen LogP) is 4.57. The lowest BCUT2D eigenvalue weighted by molar-refractivity contribution is -0.143. The van der Waals surface area contributed by atoms with E-state index in [1.807, 2.05) is 24.3 Å². The number of nitrogens with zero attached hydrogens (tertiary/aromatic N) is 2. The first-order chi connectivity index (χ1) is 18.9. The average Bonchev–Trinajstić information content (AvgIpc) is 3.31. The molecule has 3 aromatic rings. The third-order valence-electron chi connectivity index (χ3n) is 6.01. The van der Waals surface area contributed by atoms with Crippen LogP contribution in [0.5, 0.6) is 0 Å². The molecule has 0 atom stereocenters. The molecule has 0 radical (unpaired) electrons. The van der Waals surface area contributed by atoms with Gasteiger partial charge in [-0.1, -0.05) is 29.9 Å². The maximum absolute atomic E-state index is 12.7. The number of esters is 2. The maximum atomic E-state index is 12.7. The number of anilines is 1. The number of thioether (sulfide) groups is 1. The average molecular weight is 590 g/mol. The first kappa shape index (κ1) is 29.0. The minimum atomic E-state index is -0.410. The van der Waals surface area contributed by atoms with Gasteiger partial charge in [0.15, 0.2) is 4.80 Å². The van der Waals surface area contributed by atoms with Crippen LogP contribution < -0.4 is 10.1 Å². The molecule has 0 fully saturated rings. The molecule has 0 saturated carbocycles. The Hall–Kier alpha value is -2.96. The highest BCUT2D eigenvalue weighted by molar-refractivity contribution is 8.00. The quantitative estimate of drug-likeness (QED) is 0.272. The van der Waals surface area contributed by atoms with E-state index in [4.69, 9.17) is 9.47 Å². The summed E-state index contributed by atoms with van der Waals surface area (Å²) in [6.07, 6.45) is 4.87. The van der Waals surface area contributed by atoms with Crippen LogP contribution in [0.25, 0.3) is 10.2 Å². The van der Waals surface area contributed by atoms with Crippen molar-refractivity contribution >= 4 is 73.4 Å². The molecular formula is C27H31N3O6S3. The van der Waals surface area contributed by atoms with Gasteiger partial charge in [-0.2, -0.15) is 4.99 Å². The van der Waals surface area contributed by atoms with Crippen LogP contribution in [0.3, 0.4) is 0 Å². The predicted molar refractivity (Wildman–Crippen MR) is 155 cm³/mol. The minimum Gasteiger partial charge on any atom is -0.465 e. The molecule has 1 N–H and O–H groups in total. The molecule has 1 aliphatic carbocycles. The van der Waals surface area contributed by atoms with Crippen LogP contribution >= 0.6 is 34.4 Å². The molecule has 0 bridgehead atoms. The summed E-state index contributed by atoms with van der Waals surface area (Å²) >= 11 is 3.90. The number of aryl methyl sites for hydroxylation is 1. The molecule has 1 aromatic carbocycles. The standard InChI is InChI=1S/C27H31N3O6S3/c1-3-35-23(33)14-30-18-11-8-9-13-20(18)39-27(30)29-22(32)16-37-15-21(31)28-25-24(26(34)36-4-2)17-10-6-5-7-12-19(17)38-25/h8-9,11,13H,3-7,10,12,14-16H2,1-2H3,(H,28,31). The Morgan fingerprint density at radius 2 is 1.77 bits per heavy atom. The lowest BCUT2D eigenvalue weighted by atomic mass is 10.1. The number of nitrogens with one attached hydrogen (secondary N) is 1. The van der Waals surface area contributed by atoms with Gasteiger partial charge >= 0.3 is 11.9 Å². The number of carbonyl (C=O) groups is 4. The highest BCUT2D eigenvalue weighted by Crippen LogP contribution is 2.38. The lowest BCUT2D eigenvalue weighted by Crippen LogP contribution is -2.23. The number of aromatic nitrogens is 1. The molecular weight excluding hydrogens is 559 g/mol. The summed E-state index contributed by atoms with van der Waals surface area (Å²) in [7, 11) is 0. The van der Waals surface area contributed by atoms with E-state index in [0.29, 0.717) is 15.4 Å². The summed E-state index contributed by atoms with van der Waals surface area (Å²) in [5.41, 5.74) is 2.26. The highest BCUT2D eigenvalue weighted by atomic mass is 32.2. The zero-order valence-electron chi connectivity index (χ0n) is 21.9. The summed E-state index contributed by atoms with van der Waals surface area (Å²) in [4.78, 5) is 56.0. The fourth-order valence-electron chi connectivity index (χ4n) is 4.38. The molecule has 2 heterocycles. The van der Waals surface area contributed by atoms with Crippen LogP contribution in [-0.2, 0) is 43.2 Å². The first-order valence-corrected chi connectivity index (χ1v) is 15.7. The van der Waals surface area contributed by atoms with Crippen LogP contribution in [0.4, 0.5) is 5.00 Å². The zero-order valence-corrected chi connectivity index (χ0v) is 24.4. The number of hydrogen-bond acceptors (Lipinski definition) is 9.